The minimum atomic E-state index is 0.146. The number of methoxy groups -OCH3 is 1. The van der Waals surface area contributed by atoms with E-state index in [1.54, 1.807) is 11.1 Å². The minimum Gasteiger partial charge on any atom is -0.378 e. The van der Waals surface area contributed by atoms with Crippen molar-refractivity contribution in [2.24, 2.45) is 0 Å². The van der Waals surface area contributed by atoms with E-state index in [0.717, 1.165) is 6.42 Å². The van der Waals surface area contributed by atoms with Gasteiger partial charge in [-0.05, 0) is 61.6 Å². The molecule has 18 heavy (non-hydrogen) atoms. The molecular weight excluding hydrogens is 288 g/mol. The Hall–Kier alpha value is -0.340. The maximum Gasteiger partial charge on any atom is 0.0692 e. The van der Waals surface area contributed by atoms with E-state index >= 15 is 0 Å². The van der Waals surface area contributed by atoms with Crippen molar-refractivity contribution in [3.05, 3.63) is 34.9 Å². The van der Waals surface area contributed by atoms with Gasteiger partial charge in [-0.1, -0.05) is 34.1 Å². The molecule has 0 bridgehead atoms. The van der Waals surface area contributed by atoms with Gasteiger partial charge in [-0.3, -0.25) is 0 Å². The smallest absolute Gasteiger partial charge is 0.0692 e. The molecule has 1 aromatic rings. The number of alkyl halides is 1. The number of fused-ring (bicyclic) bond motifs is 1. The molecule has 0 N–H and O–H groups in total. The highest BCUT2D eigenvalue weighted by Gasteiger charge is 2.38. The third kappa shape index (κ3) is 2.25. The molecule has 0 amide bonds. The molecule has 0 aliphatic heterocycles. The van der Waals surface area contributed by atoms with Gasteiger partial charge >= 0.3 is 0 Å². The molecule has 0 radical (unpaired) electrons. The standard InChI is InChI=1S/C16H21BrO/c1-18-16(8-3-9-16)11-15(17)14-7-6-12-4-2-5-13(12)10-14/h6-7,10,15H,2-5,8-9,11H2,1H3. The summed E-state index contributed by atoms with van der Waals surface area (Å²) in [5.41, 5.74) is 4.70. The highest BCUT2D eigenvalue weighted by atomic mass is 79.9. The third-order valence-corrected chi connectivity index (χ3v) is 5.59. The van der Waals surface area contributed by atoms with Gasteiger partial charge in [0.15, 0.2) is 0 Å². The lowest BCUT2D eigenvalue weighted by molar-refractivity contribution is -0.0773. The first kappa shape index (κ1) is 12.7. The lowest BCUT2D eigenvalue weighted by Gasteiger charge is -2.42. The molecule has 0 aromatic heterocycles. The van der Waals surface area contributed by atoms with Crippen LogP contribution < -0.4 is 0 Å². The van der Waals surface area contributed by atoms with Crippen LogP contribution in [0.4, 0.5) is 0 Å². The second kappa shape index (κ2) is 4.97. The summed E-state index contributed by atoms with van der Waals surface area (Å²) in [4.78, 5) is 0.434. The zero-order valence-electron chi connectivity index (χ0n) is 11.0. The van der Waals surface area contributed by atoms with Crippen LogP contribution in [-0.4, -0.2) is 12.7 Å². The molecule has 1 aromatic carbocycles. The Kier molecular flexibility index (Phi) is 3.50. The number of benzene rings is 1. The Morgan fingerprint density at radius 2 is 2.00 bits per heavy atom. The maximum absolute atomic E-state index is 5.73. The number of hydrogen-bond acceptors (Lipinski definition) is 1. The molecule has 0 saturated heterocycles. The van der Waals surface area contributed by atoms with E-state index in [1.807, 2.05) is 7.11 Å². The molecule has 2 heteroatoms. The largest absolute Gasteiger partial charge is 0.378 e. The lowest BCUT2D eigenvalue weighted by atomic mass is 9.76. The molecule has 0 spiro atoms. The molecule has 3 rings (SSSR count). The van der Waals surface area contributed by atoms with Crippen molar-refractivity contribution in [3.63, 3.8) is 0 Å². The van der Waals surface area contributed by atoms with E-state index in [4.69, 9.17) is 4.74 Å². The maximum atomic E-state index is 5.73. The van der Waals surface area contributed by atoms with Crippen molar-refractivity contribution >= 4 is 15.9 Å². The first-order valence-corrected chi connectivity index (χ1v) is 7.95. The van der Waals surface area contributed by atoms with E-state index < -0.39 is 0 Å². The first-order valence-electron chi connectivity index (χ1n) is 7.03. The van der Waals surface area contributed by atoms with Crippen molar-refractivity contribution in [2.75, 3.05) is 7.11 Å². The fourth-order valence-corrected chi connectivity index (χ4v) is 4.17. The zero-order valence-corrected chi connectivity index (χ0v) is 12.6. The van der Waals surface area contributed by atoms with Gasteiger partial charge in [0.1, 0.15) is 0 Å². The van der Waals surface area contributed by atoms with Crippen molar-refractivity contribution in [2.45, 2.75) is 55.4 Å². The van der Waals surface area contributed by atoms with Crippen LogP contribution >= 0.6 is 15.9 Å². The monoisotopic (exact) mass is 308 g/mol. The van der Waals surface area contributed by atoms with Crippen LogP contribution in [0.1, 0.15) is 53.6 Å². The number of halogens is 1. The Labute approximate surface area is 118 Å². The predicted octanol–water partition coefficient (Wildman–Crippen LogP) is 4.57. The van der Waals surface area contributed by atoms with Gasteiger partial charge in [0.2, 0.25) is 0 Å². The second-order valence-electron chi connectivity index (χ2n) is 5.79. The van der Waals surface area contributed by atoms with Gasteiger partial charge in [0.25, 0.3) is 0 Å². The average Bonchev–Trinajstić information content (AvgIpc) is 2.80. The Morgan fingerprint density at radius 3 is 2.67 bits per heavy atom. The quantitative estimate of drug-likeness (QED) is 0.740. The summed E-state index contributed by atoms with van der Waals surface area (Å²) in [6, 6.07) is 7.03. The third-order valence-electron chi connectivity index (χ3n) is 4.73. The van der Waals surface area contributed by atoms with Gasteiger partial charge in [0, 0.05) is 11.9 Å². The van der Waals surface area contributed by atoms with Crippen LogP contribution in [0, 0.1) is 0 Å². The summed E-state index contributed by atoms with van der Waals surface area (Å²) in [6.07, 6.45) is 8.71. The summed E-state index contributed by atoms with van der Waals surface area (Å²) >= 11 is 3.87. The highest BCUT2D eigenvalue weighted by Crippen LogP contribution is 2.44. The van der Waals surface area contributed by atoms with Crippen LogP contribution in [-0.2, 0) is 17.6 Å². The fourth-order valence-electron chi connectivity index (χ4n) is 3.29. The molecule has 1 atom stereocenters. The molecular formula is C16H21BrO. The van der Waals surface area contributed by atoms with E-state index in [9.17, 15) is 0 Å². The van der Waals surface area contributed by atoms with E-state index in [1.165, 1.54) is 44.1 Å². The van der Waals surface area contributed by atoms with Crippen molar-refractivity contribution in [1.82, 2.24) is 0 Å². The highest BCUT2D eigenvalue weighted by molar-refractivity contribution is 9.09. The van der Waals surface area contributed by atoms with Gasteiger partial charge < -0.3 is 4.74 Å². The minimum absolute atomic E-state index is 0.146. The Morgan fingerprint density at radius 1 is 1.22 bits per heavy atom. The Bertz CT molecular complexity index is 431. The summed E-state index contributed by atoms with van der Waals surface area (Å²) in [7, 11) is 1.86. The number of hydrogen-bond donors (Lipinski definition) is 0. The molecule has 1 unspecified atom stereocenters. The fraction of sp³-hybridized carbons (Fsp3) is 0.625. The van der Waals surface area contributed by atoms with Crippen LogP contribution in [0.15, 0.2) is 18.2 Å². The van der Waals surface area contributed by atoms with Gasteiger partial charge in [0.05, 0.1) is 5.60 Å². The molecule has 1 saturated carbocycles. The molecule has 1 fully saturated rings. The van der Waals surface area contributed by atoms with Crippen LogP contribution in [0.5, 0.6) is 0 Å². The van der Waals surface area contributed by atoms with E-state index in [-0.39, 0.29) is 5.60 Å². The van der Waals surface area contributed by atoms with Crippen molar-refractivity contribution < 1.29 is 4.74 Å². The summed E-state index contributed by atoms with van der Waals surface area (Å²) in [6.45, 7) is 0. The molecule has 0 heterocycles. The summed E-state index contributed by atoms with van der Waals surface area (Å²) in [5, 5.41) is 0. The number of rotatable bonds is 4. The van der Waals surface area contributed by atoms with E-state index in [0.29, 0.717) is 4.83 Å². The van der Waals surface area contributed by atoms with Gasteiger partial charge in [-0.25, -0.2) is 0 Å². The molecule has 98 valence electrons. The topological polar surface area (TPSA) is 9.23 Å². The molecule has 2 aliphatic carbocycles. The first-order chi connectivity index (χ1) is 8.72. The average molecular weight is 309 g/mol. The summed E-state index contributed by atoms with van der Waals surface area (Å²) < 4.78 is 5.73. The van der Waals surface area contributed by atoms with Crippen LogP contribution in [0.2, 0.25) is 0 Å². The summed E-state index contributed by atoms with van der Waals surface area (Å²) in [5.74, 6) is 0. The lowest BCUT2D eigenvalue weighted by Crippen LogP contribution is -2.39. The van der Waals surface area contributed by atoms with Gasteiger partial charge in [-0.2, -0.15) is 0 Å². The SMILES string of the molecule is COC1(CC(Br)c2ccc3c(c2)CCC3)CCC1. The number of aryl methyl sites for hydroxylation is 2. The van der Waals surface area contributed by atoms with Gasteiger partial charge in [-0.15, -0.1) is 0 Å². The second-order valence-corrected chi connectivity index (χ2v) is 6.90. The zero-order chi connectivity index (χ0) is 12.6. The molecule has 1 nitrogen and oxygen atoms in total. The van der Waals surface area contributed by atoms with Crippen LogP contribution in [0.25, 0.3) is 0 Å². The van der Waals surface area contributed by atoms with Crippen molar-refractivity contribution in [1.29, 1.82) is 0 Å². The molecule has 2 aliphatic rings. The normalized spacial score (nSPS) is 22.3. The van der Waals surface area contributed by atoms with Crippen molar-refractivity contribution in [3.8, 4) is 0 Å². The predicted molar refractivity (Wildman–Crippen MR) is 78.3 cm³/mol. The van der Waals surface area contributed by atoms with Crippen LogP contribution in [0.3, 0.4) is 0 Å². The van der Waals surface area contributed by atoms with E-state index in [2.05, 4.69) is 34.1 Å². The Balaban J connectivity index is 1.74. The number of ether oxygens (including phenoxy) is 1.